The predicted octanol–water partition coefficient (Wildman–Crippen LogP) is 8.17. The maximum atomic E-state index is 10.3. The molecule has 5 aliphatic rings. The van der Waals surface area contributed by atoms with Gasteiger partial charge in [0.25, 0.3) is 0 Å². The Morgan fingerprint density at radius 2 is 1.74 bits per heavy atom. The van der Waals surface area contributed by atoms with E-state index in [1.807, 2.05) is 0 Å². The third-order valence-corrected chi connectivity index (χ3v) is 12.5. The normalized spacial score (nSPS) is 47.1. The first-order valence-electron chi connectivity index (χ1n) is 14.1. The standard InChI is InChI=1S/C30H50O/c1-20(2)30(14-6-15-30)18-11-21(3)25-9-10-26-24-8-7-22-19-23(31)12-16-28(22,4)27(24)13-17-29(25,26)5/h7,20-21,23-27,31H,6,8-19H2,1-5H3/t21-,23+,24+,25-,26+,27+,28+,29-/m1/s1. The average Bonchev–Trinajstić information content (AvgIpc) is 3.04. The Morgan fingerprint density at radius 1 is 0.968 bits per heavy atom. The van der Waals surface area contributed by atoms with Crippen LogP contribution in [0.2, 0.25) is 0 Å². The van der Waals surface area contributed by atoms with Crippen molar-refractivity contribution in [2.24, 2.45) is 51.8 Å². The van der Waals surface area contributed by atoms with Gasteiger partial charge in [-0.05, 0) is 129 Å². The van der Waals surface area contributed by atoms with Crippen LogP contribution in [-0.4, -0.2) is 11.2 Å². The van der Waals surface area contributed by atoms with Crippen LogP contribution in [-0.2, 0) is 0 Å². The van der Waals surface area contributed by atoms with Crippen molar-refractivity contribution < 1.29 is 5.11 Å². The lowest BCUT2D eigenvalue weighted by Crippen LogP contribution is -2.50. The van der Waals surface area contributed by atoms with E-state index in [4.69, 9.17) is 0 Å². The van der Waals surface area contributed by atoms with Crippen LogP contribution in [0.1, 0.15) is 118 Å². The van der Waals surface area contributed by atoms with Gasteiger partial charge in [0.15, 0.2) is 0 Å². The van der Waals surface area contributed by atoms with E-state index in [0.717, 1.165) is 48.3 Å². The van der Waals surface area contributed by atoms with E-state index in [1.54, 1.807) is 5.57 Å². The highest BCUT2D eigenvalue weighted by Gasteiger charge is 2.59. The number of aliphatic hydroxyl groups excluding tert-OH is 1. The fraction of sp³-hybridized carbons (Fsp3) is 0.933. The molecule has 0 saturated heterocycles. The molecule has 31 heavy (non-hydrogen) atoms. The molecule has 1 nitrogen and oxygen atoms in total. The molecule has 1 heteroatoms. The minimum Gasteiger partial charge on any atom is -0.393 e. The van der Waals surface area contributed by atoms with Crippen LogP contribution < -0.4 is 0 Å². The largest absolute Gasteiger partial charge is 0.393 e. The molecule has 0 amide bonds. The lowest BCUT2D eigenvalue weighted by atomic mass is 9.47. The van der Waals surface area contributed by atoms with Crippen molar-refractivity contribution in [3.8, 4) is 0 Å². The van der Waals surface area contributed by atoms with Gasteiger partial charge in [0, 0.05) is 0 Å². The first kappa shape index (κ1) is 22.5. The molecule has 0 aromatic heterocycles. The minimum atomic E-state index is -0.0776. The lowest BCUT2D eigenvalue weighted by Gasteiger charge is -2.58. The number of fused-ring (bicyclic) bond motifs is 5. The molecule has 4 fully saturated rings. The highest BCUT2D eigenvalue weighted by Crippen LogP contribution is 2.67. The highest BCUT2D eigenvalue weighted by molar-refractivity contribution is 5.25. The van der Waals surface area contributed by atoms with Crippen LogP contribution in [0.4, 0.5) is 0 Å². The monoisotopic (exact) mass is 426 g/mol. The molecule has 5 aliphatic carbocycles. The van der Waals surface area contributed by atoms with E-state index < -0.39 is 0 Å². The molecule has 0 radical (unpaired) electrons. The summed E-state index contributed by atoms with van der Waals surface area (Å²) in [5.74, 6) is 5.46. The lowest BCUT2D eigenvalue weighted by molar-refractivity contribution is -0.0589. The maximum absolute atomic E-state index is 10.3. The fourth-order valence-electron chi connectivity index (χ4n) is 10.1. The molecule has 0 aliphatic heterocycles. The maximum Gasteiger partial charge on any atom is 0.0577 e. The summed E-state index contributed by atoms with van der Waals surface area (Å²) in [4.78, 5) is 0. The molecule has 5 rings (SSSR count). The van der Waals surface area contributed by atoms with E-state index in [-0.39, 0.29) is 6.10 Å². The van der Waals surface area contributed by atoms with Crippen molar-refractivity contribution in [1.29, 1.82) is 0 Å². The molecular weight excluding hydrogens is 376 g/mol. The van der Waals surface area contributed by atoms with Gasteiger partial charge in [-0.15, -0.1) is 0 Å². The zero-order valence-corrected chi connectivity index (χ0v) is 21.3. The third-order valence-electron chi connectivity index (χ3n) is 12.5. The zero-order chi connectivity index (χ0) is 22.0. The van der Waals surface area contributed by atoms with E-state index in [0.29, 0.717) is 16.2 Å². The molecule has 0 unspecified atom stereocenters. The Morgan fingerprint density at radius 3 is 2.42 bits per heavy atom. The van der Waals surface area contributed by atoms with Gasteiger partial charge in [-0.1, -0.05) is 52.7 Å². The second kappa shape index (κ2) is 7.89. The SMILES string of the molecule is CC(C)C1(CC[C@@H](C)[C@H]2CC[C@H]3[C@@H]4CC=C5C[C@@H](O)CC[C@]5(C)[C@H]4CC[C@]23C)CCC1. The summed E-state index contributed by atoms with van der Waals surface area (Å²) in [6.45, 7) is 12.9. The first-order valence-corrected chi connectivity index (χ1v) is 14.1. The van der Waals surface area contributed by atoms with Gasteiger partial charge in [-0.25, -0.2) is 0 Å². The molecule has 0 aromatic carbocycles. The van der Waals surface area contributed by atoms with Gasteiger partial charge in [0.1, 0.15) is 0 Å². The summed E-state index contributed by atoms with van der Waals surface area (Å²) in [7, 11) is 0. The first-order chi connectivity index (χ1) is 14.7. The molecular formula is C30H50O. The van der Waals surface area contributed by atoms with Crippen molar-refractivity contribution in [2.75, 3.05) is 0 Å². The quantitative estimate of drug-likeness (QED) is 0.439. The van der Waals surface area contributed by atoms with E-state index in [1.165, 1.54) is 70.6 Å². The summed E-state index contributed by atoms with van der Waals surface area (Å²) >= 11 is 0. The van der Waals surface area contributed by atoms with Crippen molar-refractivity contribution in [3.63, 3.8) is 0 Å². The summed E-state index contributed by atoms with van der Waals surface area (Å²) in [6.07, 6.45) is 20.4. The van der Waals surface area contributed by atoms with Crippen LogP contribution in [0.15, 0.2) is 11.6 Å². The number of hydrogen-bond donors (Lipinski definition) is 1. The topological polar surface area (TPSA) is 20.2 Å². The number of rotatable bonds is 5. The fourth-order valence-corrected chi connectivity index (χ4v) is 10.1. The average molecular weight is 427 g/mol. The van der Waals surface area contributed by atoms with Gasteiger partial charge in [0.05, 0.1) is 6.10 Å². The third kappa shape index (κ3) is 3.41. The molecule has 1 N–H and O–H groups in total. The van der Waals surface area contributed by atoms with Gasteiger partial charge in [0.2, 0.25) is 0 Å². The Hall–Kier alpha value is -0.300. The van der Waals surface area contributed by atoms with E-state index in [2.05, 4.69) is 40.7 Å². The number of hydrogen-bond acceptors (Lipinski definition) is 1. The van der Waals surface area contributed by atoms with E-state index >= 15 is 0 Å². The van der Waals surface area contributed by atoms with Crippen molar-refractivity contribution in [1.82, 2.24) is 0 Å². The summed E-state index contributed by atoms with van der Waals surface area (Å²) in [5.41, 5.74) is 3.29. The Labute approximate surface area is 192 Å². The molecule has 0 spiro atoms. The molecule has 4 saturated carbocycles. The minimum absolute atomic E-state index is 0.0776. The van der Waals surface area contributed by atoms with Crippen LogP contribution in [0, 0.1) is 51.8 Å². The summed E-state index contributed by atoms with van der Waals surface area (Å²) in [6, 6.07) is 0. The van der Waals surface area contributed by atoms with Crippen molar-refractivity contribution in [3.05, 3.63) is 11.6 Å². The number of allylic oxidation sites excluding steroid dienone is 1. The molecule has 0 heterocycles. The Bertz CT molecular complexity index is 701. The van der Waals surface area contributed by atoms with Crippen molar-refractivity contribution >= 4 is 0 Å². The van der Waals surface area contributed by atoms with Gasteiger partial charge < -0.3 is 5.11 Å². The molecule has 176 valence electrons. The smallest absolute Gasteiger partial charge is 0.0577 e. The molecule has 0 aromatic rings. The highest BCUT2D eigenvalue weighted by atomic mass is 16.3. The van der Waals surface area contributed by atoms with Crippen LogP contribution >= 0.6 is 0 Å². The van der Waals surface area contributed by atoms with Gasteiger partial charge in [-0.2, -0.15) is 0 Å². The predicted molar refractivity (Wildman–Crippen MR) is 131 cm³/mol. The van der Waals surface area contributed by atoms with Gasteiger partial charge >= 0.3 is 0 Å². The van der Waals surface area contributed by atoms with E-state index in [9.17, 15) is 5.11 Å². The Balaban J connectivity index is 1.30. The summed E-state index contributed by atoms with van der Waals surface area (Å²) in [5, 5.41) is 10.3. The van der Waals surface area contributed by atoms with Crippen molar-refractivity contribution in [2.45, 2.75) is 124 Å². The van der Waals surface area contributed by atoms with Gasteiger partial charge in [-0.3, -0.25) is 0 Å². The second-order valence-corrected chi connectivity index (χ2v) is 13.8. The van der Waals surface area contributed by atoms with Crippen LogP contribution in [0.3, 0.4) is 0 Å². The van der Waals surface area contributed by atoms with Crippen LogP contribution in [0.5, 0.6) is 0 Å². The zero-order valence-electron chi connectivity index (χ0n) is 21.3. The molecule has 0 bridgehead atoms. The Kier molecular flexibility index (Phi) is 5.72. The summed E-state index contributed by atoms with van der Waals surface area (Å²) < 4.78 is 0. The number of aliphatic hydroxyl groups is 1. The second-order valence-electron chi connectivity index (χ2n) is 13.8. The molecule has 8 atom stereocenters. The van der Waals surface area contributed by atoms with Crippen LogP contribution in [0.25, 0.3) is 0 Å².